The minimum atomic E-state index is -1.01. The maximum absolute atomic E-state index is 11.7. The Labute approximate surface area is 127 Å². The van der Waals surface area contributed by atoms with Gasteiger partial charge in [0.15, 0.2) is 0 Å². The quantitative estimate of drug-likeness (QED) is 0.782. The first-order valence-corrected chi connectivity index (χ1v) is 7.15. The van der Waals surface area contributed by atoms with Crippen molar-refractivity contribution in [3.05, 3.63) is 40.4 Å². The lowest BCUT2D eigenvalue weighted by Gasteiger charge is -2.15. The molecule has 0 radical (unpaired) electrons. The van der Waals surface area contributed by atoms with Crippen LogP contribution in [0.25, 0.3) is 6.08 Å². The number of benzene rings is 1. The SMILES string of the molecule is CC(C)C[C@@H](NC(=O)C=Cc1ccccc1Br)C(=O)O. The molecule has 0 spiro atoms. The van der Waals surface area contributed by atoms with Gasteiger partial charge in [0.25, 0.3) is 0 Å². The number of carbonyl (C=O) groups is 2. The average Bonchev–Trinajstić information content (AvgIpc) is 2.36. The highest BCUT2D eigenvalue weighted by atomic mass is 79.9. The smallest absolute Gasteiger partial charge is 0.326 e. The molecule has 0 fully saturated rings. The summed E-state index contributed by atoms with van der Waals surface area (Å²) in [4.78, 5) is 22.8. The predicted octanol–water partition coefficient (Wildman–Crippen LogP) is 3.08. The highest BCUT2D eigenvalue weighted by Gasteiger charge is 2.19. The summed E-state index contributed by atoms with van der Waals surface area (Å²) in [5, 5.41) is 11.6. The van der Waals surface area contributed by atoms with Gasteiger partial charge in [-0.05, 0) is 30.0 Å². The highest BCUT2D eigenvalue weighted by molar-refractivity contribution is 9.10. The molecule has 5 heteroatoms. The highest BCUT2D eigenvalue weighted by Crippen LogP contribution is 2.17. The molecule has 0 bridgehead atoms. The minimum absolute atomic E-state index is 0.198. The number of carboxylic acids is 1. The van der Waals surface area contributed by atoms with Gasteiger partial charge in [0, 0.05) is 10.5 Å². The van der Waals surface area contributed by atoms with Crippen molar-refractivity contribution >= 4 is 33.9 Å². The van der Waals surface area contributed by atoms with Gasteiger partial charge in [0.1, 0.15) is 6.04 Å². The van der Waals surface area contributed by atoms with Crippen LogP contribution in [-0.2, 0) is 9.59 Å². The van der Waals surface area contributed by atoms with E-state index in [1.165, 1.54) is 6.08 Å². The van der Waals surface area contributed by atoms with Gasteiger partial charge in [-0.25, -0.2) is 4.79 Å². The molecular weight excluding hydrogens is 322 g/mol. The van der Waals surface area contributed by atoms with Crippen LogP contribution >= 0.6 is 15.9 Å². The van der Waals surface area contributed by atoms with Crippen LogP contribution < -0.4 is 5.32 Å². The third-order valence-electron chi connectivity index (χ3n) is 2.64. The van der Waals surface area contributed by atoms with E-state index < -0.39 is 17.9 Å². The Morgan fingerprint density at radius 2 is 2.00 bits per heavy atom. The van der Waals surface area contributed by atoms with Gasteiger partial charge < -0.3 is 10.4 Å². The largest absolute Gasteiger partial charge is 0.480 e. The molecule has 0 aliphatic carbocycles. The summed E-state index contributed by atoms with van der Waals surface area (Å²) in [5.41, 5.74) is 0.860. The number of aliphatic carboxylic acids is 1. The number of hydrogen-bond donors (Lipinski definition) is 2. The maximum Gasteiger partial charge on any atom is 0.326 e. The summed E-state index contributed by atoms with van der Waals surface area (Å²) in [6, 6.07) is 6.62. The molecule has 108 valence electrons. The Balaban J connectivity index is 2.66. The summed E-state index contributed by atoms with van der Waals surface area (Å²) in [5.74, 6) is -1.22. The van der Waals surface area contributed by atoms with Crippen molar-refractivity contribution in [2.75, 3.05) is 0 Å². The average molecular weight is 340 g/mol. The van der Waals surface area contributed by atoms with Crippen LogP contribution in [0.4, 0.5) is 0 Å². The zero-order valence-electron chi connectivity index (χ0n) is 11.5. The van der Waals surface area contributed by atoms with Crippen LogP contribution in [0.1, 0.15) is 25.8 Å². The van der Waals surface area contributed by atoms with Crippen LogP contribution in [0, 0.1) is 5.92 Å². The fourth-order valence-corrected chi connectivity index (χ4v) is 2.11. The monoisotopic (exact) mass is 339 g/mol. The number of hydrogen-bond acceptors (Lipinski definition) is 2. The van der Waals surface area contributed by atoms with Crippen molar-refractivity contribution < 1.29 is 14.7 Å². The van der Waals surface area contributed by atoms with E-state index in [2.05, 4.69) is 21.2 Å². The molecule has 0 aliphatic heterocycles. The zero-order chi connectivity index (χ0) is 15.1. The first kappa shape index (κ1) is 16.4. The normalized spacial score (nSPS) is 12.6. The summed E-state index contributed by atoms with van der Waals surface area (Å²) < 4.78 is 0.876. The molecule has 1 aromatic carbocycles. The van der Waals surface area contributed by atoms with Gasteiger partial charge in [-0.3, -0.25) is 4.79 Å². The van der Waals surface area contributed by atoms with E-state index in [1.54, 1.807) is 6.08 Å². The lowest BCUT2D eigenvalue weighted by molar-refractivity contribution is -0.141. The molecule has 1 atom stereocenters. The van der Waals surface area contributed by atoms with Crippen molar-refractivity contribution in [1.82, 2.24) is 5.32 Å². The molecule has 20 heavy (non-hydrogen) atoms. The molecule has 4 nitrogen and oxygen atoms in total. The number of amides is 1. The topological polar surface area (TPSA) is 66.4 Å². The second-order valence-electron chi connectivity index (χ2n) is 4.88. The van der Waals surface area contributed by atoms with Gasteiger partial charge in [-0.1, -0.05) is 48.0 Å². The van der Waals surface area contributed by atoms with E-state index in [-0.39, 0.29) is 5.92 Å². The van der Waals surface area contributed by atoms with Gasteiger partial charge in [-0.2, -0.15) is 0 Å². The lowest BCUT2D eigenvalue weighted by atomic mass is 10.0. The Kier molecular flexibility index (Phi) is 6.45. The fraction of sp³-hybridized carbons (Fsp3) is 0.333. The molecule has 0 unspecified atom stereocenters. The minimum Gasteiger partial charge on any atom is -0.480 e. The van der Waals surface area contributed by atoms with Gasteiger partial charge >= 0.3 is 5.97 Å². The molecule has 1 amide bonds. The number of rotatable bonds is 6. The van der Waals surface area contributed by atoms with Crippen LogP contribution in [0.3, 0.4) is 0 Å². The van der Waals surface area contributed by atoms with E-state index in [9.17, 15) is 9.59 Å². The number of halogens is 1. The number of carboxylic acid groups (broad SMARTS) is 1. The second kappa shape index (κ2) is 7.85. The maximum atomic E-state index is 11.7. The second-order valence-corrected chi connectivity index (χ2v) is 5.74. The van der Waals surface area contributed by atoms with Crippen LogP contribution in [0.15, 0.2) is 34.8 Å². The Hall–Kier alpha value is -1.62. The van der Waals surface area contributed by atoms with E-state index in [4.69, 9.17) is 5.11 Å². The zero-order valence-corrected chi connectivity index (χ0v) is 13.1. The predicted molar refractivity (Wildman–Crippen MR) is 82.2 cm³/mol. The fourth-order valence-electron chi connectivity index (χ4n) is 1.69. The van der Waals surface area contributed by atoms with E-state index in [0.717, 1.165) is 10.0 Å². The molecule has 1 rings (SSSR count). The van der Waals surface area contributed by atoms with Gasteiger partial charge in [0.05, 0.1) is 0 Å². The number of nitrogens with one attached hydrogen (secondary N) is 1. The summed E-state index contributed by atoms with van der Waals surface area (Å²) in [6.07, 6.45) is 3.40. The van der Waals surface area contributed by atoms with Crippen LogP contribution in [0.5, 0.6) is 0 Å². The Morgan fingerprint density at radius 3 is 2.55 bits per heavy atom. The first-order chi connectivity index (χ1) is 9.40. The lowest BCUT2D eigenvalue weighted by Crippen LogP contribution is -2.40. The summed E-state index contributed by atoms with van der Waals surface area (Å²) in [7, 11) is 0. The standard InChI is InChI=1S/C15H18BrNO3/c1-10(2)9-13(15(19)20)17-14(18)8-7-11-5-3-4-6-12(11)16/h3-8,10,13H,9H2,1-2H3,(H,17,18)(H,19,20)/t13-/m1/s1. The van der Waals surface area contributed by atoms with Gasteiger partial charge in [-0.15, -0.1) is 0 Å². The van der Waals surface area contributed by atoms with E-state index in [0.29, 0.717) is 6.42 Å². The molecule has 0 saturated heterocycles. The number of carbonyl (C=O) groups excluding carboxylic acids is 1. The third kappa shape index (κ3) is 5.57. The van der Waals surface area contributed by atoms with E-state index >= 15 is 0 Å². The molecule has 0 saturated carbocycles. The van der Waals surface area contributed by atoms with Crippen molar-refractivity contribution in [1.29, 1.82) is 0 Å². The van der Waals surface area contributed by atoms with Crippen LogP contribution in [0.2, 0.25) is 0 Å². The molecule has 0 aromatic heterocycles. The Bertz CT molecular complexity index is 512. The van der Waals surface area contributed by atoms with Crippen molar-refractivity contribution in [3.8, 4) is 0 Å². The molecule has 0 aliphatic rings. The summed E-state index contributed by atoms with van der Waals surface area (Å²) in [6.45, 7) is 3.83. The molecule has 2 N–H and O–H groups in total. The first-order valence-electron chi connectivity index (χ1n) is 6.36. The molecule has 1 aromatic rings. The Morgan fingerprint density at radius 1 is 1.35 bits per heavy atom. The third-order valence-corrected chi connectivity index (χ3v) is 3.36. The van der Waals surface area contributed by atoms with Crippen LogP contribution in [-0.4, -0.2) is 23.0 Å². The van der Waals surface area contributed by atoms with Crippen molar-refractivity contribution in [2.45, 2.75) is 26.3 Å². The van der Waals surface area contributed by atoms with Crippen molar-refractivity contribution in [3.63, 3.8) is 0 Å². The van der Waals surface area contributed by atoms with Gasteiger partial charge in [0.2, 0.25) is 5.91 Å². The van der Waals surface area contributed by atoms with E-state index in [1.807, 2.05) is 38.1 Å². The van der Waals surface area contributed by atoms with Crippen molar-refractivity contribution in [2.24, 2.45) is 5.92 Å². The summed E-state index contributed by atoms with van der Waals surface area (Å²) >= 11 is 3.38. The molecule has 0 heterocycles. The molecular formula is C15H18BrNO3.